The van der Waals surface area contributed by atoms with E-state index in [1.54, 1.807) is 17.8 Å². The van der Waals surface area contributed by atoms with Gasteiger partial charge in [-0.15, -0.1) is 11.3 Å². The van der Waals surface area contributed by atoms with Gasteiger partial charge in [-0.1, -0.05) is 0 Å². The monoisotopic (exact) mass is 372 g/mol. The number of nitrogens with two attached hydrogens (primary N) is 1. The van der Waals surface area contributed by atoms with Crippen LogP contribution >= 0.6 is 39.0 Å². The van der Waals surface area contributed by atoms with E-state index in [9.17, 15) is 8.42 Å². The Labute approximate surface area is 125 Å². The van der Waals surface area contributed by atoms with Gasteiger partial charge in [0.2, 0.25) is 10.0 Å². The predicted octanol–water partition coefficient (Wildman–Crippen LogP) is 2.39. The fourth-order valence-electron chi connectivity index (χ4n) is 1.36. The molecule has 8 heteroatoms. The van der Waals surface area contributed by atoms with Gasteiger partial charge in [0, 0.05) is 17.5 Å². The van der Waals surface area contributed by atoms with Crippen LogP contribution in [0.25, 0.3) is 0 Å². The molecular formula is C10H17BrN2O2S3. The lowest BCUT2D eigenvalue weighted by Gasteiger charge is -2.13. The van der Waals surface area contributed by atoms with Gasteiger partial charge in [-0.25, -0.2) is 13.1 Å². The van der Waals surface area contributed by atoms with E-state index in [0.29, 0.717) is 10.3 Å². The summed E-state index contributed by atoms with van der Waals surface area (Å²) in [7, 11) is -3.46. The fraction of sp³-hybridized carbons (Fsp3) is 0.600. The molecule has 104 valence electrons. The molecule has 0 aliphatic rings. The summed E-state index contributed by atoms with van der Waals surface area (Å²) in [4.78, 5) is 1.13. The van der Waals surface area contributed by atoms with Crippen LogP contribution in [0.5, 0.6) is 0 Å². The van der Waals surface area contributed by atoms with E-state index in [-0.39, 0.29) is 10.9 Å². The molecule has 4 nitrogen and oxygen atoms in total. The molecule has 0 aromatic carbocycles. The first-order valence-electron chi connectivity index (χ1n) is 5.40. The number of thioether (sulfide) groups is 1. The van der Waals surface area contributed by atoms with Crippen LogP contribution in [0.15, 0.2) is 14.7 Å². The first kappa shape index (κ1) is 16.5. The Morgan fingerprint density at radius 1 is 1.61 bits per heavy atom. The molecule has 1 rings (SSSR count). The summed E-state index contributed by atoms with van der Waals surface area (Å²) in [6.07, 6.45) is 2.82. The maximum Gasteiger partial charge on any atom is 0.242 e. The van der Waals surface area contributed by atoms with Crippen molar-refractivity contribution in [3.05, 3.63) is 14.7 Å². The highest BCUT2D eigenvalue weighted by Crippen LogP contribution is 2.31. The van der Waals surface area contributed by atoms with Crippen LogP contribution in [0.3, 0.4) is 0 Å². The smallest absolute Gasteiger partial charge is 0.242 e. The number of thiophene rings is 1. The Morgan fingerprint density at radius 2 is 2.28 bits per heavy atom. The first-order valence-corrected chi connectivity index (χ1v) is 9.89. The summed E-state index contributed by atoms with van der Waals surface area (Å²) in [6.45, 7) is 2.22. The standard InChI is InChI=1S/C10H17BrN2O2S3/c1-7(3-4-16-2)13-18(14,15)9-5-8(6-12)17-10(9)11/h5,7,13H,3-4,6,12H2,1-2H3. The molecule has 0 saturated carbocycles. The molecular weight excluding hydrogens is 356 g/mol. The predicted molar refractivity (Wildman–Crippen MR) is 82.7 cm³/mol. The van der Waals surface area contributed by atoms with E-state index < -0.39 is 10.0 Å². The first-order chi connectivity index (χ1) is 8.40. The maximum atomic E-state index is 12.2. The number of hydrogen-bond acceptors (Lipinski definition) is 5. The average molecular weight is 373 g/mol. The van der Waals surface area contributed by atoms with E-state index in [2.05, 4.69) is 20.7 Å². The van der Waals surface area contributed by atoms with Crippen LogP contribution in [-0.2, 0) is 16.6 Å². The van der Waals surface area contributed by atoms with Crippen LogP contribution in [0.4, 0.5) is 0 Å². The molecule has 1 atom stereocenters. The lowest BCUT2D eigenvalue weighted by Crippen LogP contribution is -2.32. The van der Waals surface area contributed by atoms with Gasteiger partial charge in [-0.2, -0.15) is 11.8 Å². The van der Waals surface area contributed by atoms with Gasteiger partial charge in [0.1, 0.15) is 4.90 Å². The number of nitrogens with one attached hydrogen (secondary N) is 1. The number of hydrogen-bond donors (Lipinski definition) is 2. The van der Waals surface area contributed by atoms with Crippen molar-refractivity contribution in [3.63, 3.8) is 0 Å². The summed E-state index contributed by atoms with van der Waals surface area (Å²) in [6, 6.07) is 1.55. The summed E-state index contributed by atoms with van der Waals surface area (Å²) in [5, 5.41) is 0. The number of sulfonamides is 1. The van der Waals surface area contributed by atoms with Gasteiger partial charge in [0.15, 0.2) is 0 Å². The highest BCUT2D eigenvalue weighted by atomic mass is 79.9. The molecule has 0 saturated heterocycles. The van der Waals surface area contributed by atoms with Gasteiger partial charge in [0.05, 0.1) is 3.79 Å². The molecule has 0 radical (unpaired) electrons. The second-order valence-electron chi connectivity index (χ2n) is 3.86. The third kappa shape index (κ3) is 4.50. The summed E-state index contributed by atoms with van der Waals surface area (Å²) in [5.41, 5.74) is 5.51. The van der Waals surface area contributed by atoms with Crippen molar-refractivity contribution < 1.29 is 8.42 Å². The van der Waals surface area contributed by atoms with Crippen LogP contribution in [-0.4, -0.2) is 26.5 Å². The summed E-state index contributed by atoms with van der Waals surface area (Å²) < 4.78 is 27.6. The zero-order valence-electron chi connectivity index (χ0n) is 10.3. The van der Waals surface area contributed by atoms with Crippen molar-refractivity contribution in [3.8, 4) is 0 Å². The second kappa shape index (κ2) is 7.25. The molecule has 0 amide bonds. The van der Waals surface area contributed by atoms with Crippen molar-refractivity contribution in [1.29, 1.82) is 0 Å². The highest BCUT2D eigenvalue weighted by molar-refractivity contribution is 9.11. The summed E-state index contributed by atoms with van der Waals surface area (Å²) in [5.74, 6) is 0.933. The maximum absolute atomic E-state index is 12.2. The molecule has 1 aromatic rings. The quantitative estimate of drug-likeness (QED) is 0.770. The topological polar surface area (TPSA) is 72.2 Å². The normalized spacial score (nSPS) is 13.8. The molecule has 1 unspecified atom stereocenters. The minimum absolute atomic E-state index is 0.0735. The third-order valence-electron chi connectivity index (χ3n) is 2.31. The van der Waals surface area contributed by atoms with Crippen molar-refractivity contribution in [2.24, 2.45) is 5.73 Å². The third-order valence-corrected chi connectivity index (χ3v) is 6.82. The SMILES string of the molecule is CSCCC(C)NS(=O)(=O)c1cc(CN)sc1Br. The minimum atomic E-state index is -3.46. The molecule has 3 N–H and O–H groups in total. The van der Waals surface area contributed by atoms with Crippen LogP contribution < -0.4 is 10.5 Å². The van der Waals surface area contributed by atoms with Gasteiger partial charge in [-0.05, 0) is 47.3 Å². The Bertz CT molecular complexity index is 487. The van der Waals surface area contributed by atoms with Crippen LogP contribution in [0.2, 0.25) is 0 Å². The molecule has 1 aromatic heterocycles. The lowest BCUT2D eigenvalue weighted by molar-refractivity contribution is 0.557. The van der Waals surface area contributed by atoms with Gasteiger partial charge in [-0.3, -0.25) is 0 Å². The van der Waals surface area contributed by atoms with E-state index in [1.807, 2.05) is 13.2 Å². The lowest BCUT2D eigenvalue weighted by atomic mass is 10.3. The van der Waals surface area contributed by atoms with E-state index in [0.717, 1.165) is 17.1 Å². The average Bonchev–Trinajstić information content (AvgIpc) is 2.68. The molecule has 0 bridgehead atoms. The number of halogens is 1. The second-order valence-corrected chi connectivity index (χ2v) is 8.98. The van der Waals surface area contributed by atoms with Crippen molar-refractivity contribution in [2.45, 2.75) is 30.8 Å². The largest absolute Gasteiger partial charge is 0.326 e. The Kier molecular flexibility index (Phi) is 6.63. The Balaban J connectivity index is 2.82. The van der Waals surface area contributed by atoms with Crippen LogP contribution in [0.1, 0.15) is 18.2 Å². The van der Waals surface area contributed by atoms with Gasteiger partial charge >= 0.3 is 0 Å². The molecule has 0 aliphatic carbocycles. The molecule has 18 heavy (non-hydrogen) atoms. The zero-order chi connectivity index (χ0) is 13.8. The number of rotatable bonds is 7. The molecule has 0 spiro atoms. The molecule has 0 aliphatic heterocycles. The van der Waals surface area contributed by atoms with Gasteiger partial charge < -0.3 is 5.73 Å². The molecule has 1 heterocycles. The van der Waals surface area contributed by atoms with Crippen molar-refractivity contribution in [2.75, 3.05) is 12.0 Å². The van der Waals surface area contributed by atoms with E-state index in [1.165, 1.54) is 11.3 Å². The zero-order valence-corrected chi connectivity index (χ0v) is 14.3. The van der Waals surface area contributed by atoms with Crippen molar-refractivity contribution >= 4 is 49.1 Å². The Morgan fingerprint density at radius 3 is 2.78 bits per heavy atom. The van der Waals surface area contributed by atoms with Crippen LogP contribution in [0, 0.1) is 0 Å². The minimum Gasteiger partial charge on any atom is -0.326 e. The van der Waals surface area contributed by atoms with E-state index >= 15 is 0 Å². The van der Waals surface area contributed by atoms with Crippen molar-refractivity contribution in [1.82, 2.24) is 4.72 Å². The Hall–Kier alpha value is 0.400. The van der Waals surface area contributed by atoms with Gasteiger partial charge in [0.25, 0.3) is 0 Å². The fourth-order valence-corrected chi connectivity index (χ4v) is 5.79. The summed E-state index contributed by atoms with van der Waals surface area (Å²) >= 11 is 6.33. The highest BCUT2D eigenvalue weighted by Gasteiger charge is 2.22. The molecule has 0 fully saturated rings. The van der Waals surface area contributed by atoms with E-state index in [4.69, 9.17) is 5.73 Å².